The Morgan fingerprint density at radius 3 is 2.31 bits per heavy atom. The molecule has 5 rings (SSSR count). The van der Waals surface area contributed by atoms with Crippen LogP contribution in [-0.4, -0.2) is 68.0 Å². The minimum atomic E-state index is -0.679. The molecule has 5 atom stereocenters. The predicted molar refractivity (Wildman–Crippen MR) is 116 cm³/mol. The Labute approximate surface area is 187 Å². The Morgan fingerprint density at radius 1 is 1.03 bits per heavy atom. The first-order valence-corrected chi connectivity index (χ1v) is 11.0. The third-order valence-electron chi connectivity index (χ3n) is 6.85. The van der Waals surface area contributed by atoms with Crippen molar-refractivity contribution in [1.82, 2.24) is 4.90 Å². The average molecular weight is 437 g/mol. The normalized spacial score (nSPS) is 29.0. The molecular formula is C25H27NO6. The molecule has 2 aromatic carbocycles. The van der Waals surface area contributed by atoms with E-state index in [2.05, 4.69) is 11.9 Å². The summed E-state index contributed by atoms with van der Waals surface area (Å²) in [4.78, 5) is 28.1. The van der Waals surface area contributed by atoms with Gasteiger partial charge in [-0.3, -0.25) is 9.69 Å². The predicted octanol–water partition coefficient (Wildman–Crippen LogP) is 2.79. The molecule has 7 nitrogen and oxygen atoms in total. The minimum absolute atomic E-state index is 0.0818. The Balaban J connectivity index is 1.25. The van der Waals surface area contributed by atoms with E-state index in [1.54, 1.807) is 31.4 Å². The highest BCUT2D eigenvalue weighted by molar-refractivity contribution is 5.90. The van der Waals surface area contributed by atoms with Crippen molar-refractivity contribution in [3.05, 3.63) is 65.7 Å². The van der Waals surface area contributed by atoms with E-state index in [-0.39, 0.29) is 30.9 Å². The van der Waals surface area contributed by atoms with Crippen molar-refractivity contribution in [2.24, 2.45) is 0 Å². The minimum Gasteiger partial charge on any atom is -0.497 e. The molecule has 0 amide bonds. The smallest absolute Gasteiger partial charge is 0.338 e. The number of nitrogens with zero attached hydrogens (tertiary/aromatic N) is 1. The van der Waals surface area contributed by atoms with Crippen LogP contribution in [0.3, 0.4) is 0 Å². The summed E-state index contributed by atoms with van der Waals surface area (Å²) in [5, 5.41) is 0. The standard InChI is InChI=1S/C25H27NO6/c1-26-20-12-18(13-21(26)23-22(20)32-23)31-25(28)19(15-6-4-3-5-7-15)14-30-24(27)16-8-10-17(29-2)11-9-16/h3-11,18-23H,12-14H2,1-2H3. The second kappa shape index (κ2) is 8.56. The van der Waals surface area contributed by atoms with E-state index >= 15 is 0 Å². The Kier molecular flexibility index (Phi) is 5.61. The zero-order valence-electron chi connectivity index (χ0n) is 18.2. The highest BCUT2D eigenvalue weighted by Crippen LogP contribution is 2.48. The van der Waals surface area contributed by atoms with Gasteiger partial charge in [-0.1, -0.05) is 30.3 Å². The van der Waals surface area contributed by atoms with Crippen LogP contribution >= 0.6 is 0 Å². The van der Waals surface area contributed by atoms with Gasteiger partial charge in [0.05, 0.1) is 12.7 Å². The number of carbonyl (C=O) groups is 2. The van der Waals surface area contributed by atoms with Crippen molar-refractivity contribution in [2.45, 2.75) is 49.2 Å². The molecular weight excluding hydrogens is 410 g/mol. The first-order valence-electron chi connectivity index (χ1n) is 11.0. The molecule has 0 spiro atoms. The summed E-state index contributed by atoms with van der Waals surface area (Å²) in [7, 11) is 3.68. The number of morpholine rings is 1. The number of carbonyl (C=O) groups excluding carboxylic acids is 2. The number of piperidine rings is 1. The fourth-order valence-electron chi connectivity index (χ4n) is 5.00. The van der Waals surface area contributed by atoms with Gasteiger partial charge in [-0.05, 0) is 36.9 Å². The number of likely N-dealkylation sites (N-methyl/N-ethyl adjacent to an activating group) is 1. The molecule has 7 heteroatoms. The van der Waals surface area contributed by atoms with Crippen molar-refractivity contribution < 1.29 is 28.5 Å². The lowest BCUT2D eigenvalue weighted by Crippen LogP contribution is -2.48. The number of hydrogen-bond donors (Lipinski definition) is 0. The molecule has 0 radical (unpaired) electrons. The molecule has 32 heavy (non-hydrogen) atoms. The number of fused-ring (bicyclic) bond motifs is 5. The summed E-state index contributed by atoms with van der Waals surface area (Å²) in [5.41, 5.74) is 1.17. The van der Waals surface area contributed by atoms with Gasteiger partial charge in [-0.25, -0.2) is 4.79 Å². The number of rotatable bonds is 7. The van der Waals surface area contributed by atoms with Crippen molar-refractivity contribution in [3.8, 4) is 5.75 Å². The van der Waals surface area contributed by atoms with Crippen LogP contribution in [0.4, 0.5) is 0 Å². The lowest BCUT2D eigenvalue weighted by molar-refractivity contribution is -0.156. The van der Waals surface area contributed by atoms with Crippen LogP contribution in [0, 0.1) is 0 Å². The second-order valence-electron chi connectivity index (χ2n) is 8.69. The van der Waals surface area contributed by atoms with Crippen LogP contribution in [0.5, 0.6) is 5.75 Å². The van der Waals surface area contributed by atoms with E-state index < -0.39 is 11.9 Å². The van der Waals surface area contributed by atoms with Crippen molar-refractivity contribution in [3.63, 3.8) is 0 Å². The molecule has 5 unspecified atom stereocenters. The molecule has 0 N–H and O–H groups in total. The number of benzene rings is 2. The fourth-order valence-corrected chi connectivity index (χ4v) is 5.00. The van der Waals surface area contributed by atoms with Crippen LogP contribution in [0.1, 0.15) is 34.7 Å². The molecule has 0 saturated carbocycles. The summed E-state index contributed by atoms with van der Waals surface area (Å²) in [6.07, 6.45) is 1.96. The monoisotopic (exact) mass is 437 g/mol. The average Bonchev–Trinajstić information content (AvgIpc) is 3.58. The second-order valence-corrected chi connectivity index (χ2v) is 8.69. The van der Waals surface area contributed by atoms with Gasteiger partial charge in [0.25, 0.3) is 0 Å². The van der Waals surface area contributed by atoms with Gasteiger partial charge < -0.3 is 18.9 Å². The fraction of sp³-hybridized carbons (Fsp3) is 0.440. The molecule has 0 aliphatic carbocycles. The molecule has 3 aliphatic heterocycles. The molecule has 168 valence electrons. The van der Waals surface area contributed by atoms with Gasteiger partial charge in [0.1, 0.15) is 36.6 Å². The van der Waals surface area contributed by atoms with E-state index in [9.17, 15) is 9.59 Å². The maximum absolute atomic E-state index is 13.2. The number of methoxy groups -OCH3 is 1. The maximum Gasteiger partial charge on any atom is 0.338 e. The van der Waals surface area contributed by atoms with Gasteiger partial charge >= 0.3 is 11.9 Å². The molecule has 3 saturated heterocycles. The Morgan fingerprint density at radius 2 is 1.69 bits per heavy atom. The van der Waals surface area contributed by atoms with E-state index in [1.807, 2.05) is 30.3 Å². The quantitative estimate of drug-likeness (QED) is 0.487. The molecule has 2 bridgehead atoms. The maximum atomic E-state index is 13.2. The van der Waals surface area contributed by atoms with Crippen molar-refractivity contribution in [1.29, 1.82) is 0 Å². The van der Waals surface area contributed by atoms with Crippen LogP contribution in [0.2, 0.25) is 0 Å². The molecule has 2 aromatic rings. The van der Waals surface area contributed by atoms with Gasteiger partial charge in [0.15, 0.2) is 0 Å². The number of ether oxygens (including phenoxy) is 4. The first kappa shape index (κ1) is 21.0. The molecule has 3 fully saturated rings. The van der Waals surface area contributed by atoms with Crippen LogP contribution in [0.25, 0.3) is 0 Å². The zero-order valence-corrected chi connectivity index (χ0v) is 18.2. The summed E-state index contributed by atoms with van der Waals surface area (Å²) >= 11 is 0. The zero-order chi connectivity index (χ0) is 22.2. The summed E-state index contributed by atoms with van der Waals surface area (Å²) < 4.78 is 22.3. The Hall–Kier alpha value is -2.90. The van der Waals surface area contributed by atoms with E-state index in [1.165, 1.54) is 0 Å². The topological polar surface area (TPSA) is 77.6 Å². The van der Waals surface area contributed by atoms with E-state index in [4.69, 9.17) is 18.9 Å². The molecule has 3 aliphatic rings. The first-order chi connectivity index (χ1) is 15.5. The molecule has 3 heterocycles. The van der Waals surface area contributed by atoms with Gasteiger partial charge in [0.2, 0.25) is 0 Å². The lowest BCUT2D eigenvalue weighted by atomic mass is 9.97. The largest absolute Gasteiger partial charge is 0.497 e. The van der Waals surface area contributed by atoms with Gasteiger partial charge in [-0.2, -0.15) is 0 Å². The van der Waals surface area contributed by atoms with Crippen molar-refractivity contribution >= 4 is 11.9 Å². The third kappa shape index (κ3) is 3.98. The highest BCUT2D eigenvalue weighted by Gasteiger charge is 2.62. The number of esters is 2. The molecule has 0 aromatic heterocycles. The summed E-state index contributed by atoms with van der Waals surface area (Å²) in [5.74, 6) is -0.873. The van der Waals surface area contributed by atoms with Crippen LogP contribution < -0.4 is 4.74 Å². The van der Waals surface area contributed by atoms with Crippen LogP contribution in [-0.2, 0) is 19.0 Å². The third-order valence-corrected chi connectivity index (χ3v) is 6.85. The highest BCUT2D eigenvalue weighted by atomic mass is 16.6. The van der Waals surface area contributed by atoms with Gasteiger partial charge in [-0.15, -0.1) is 0 Å². The lowest BCUT2D eigenvalue weighted by Gasteiger charge is -2.38. The Bertz CT molecular complexity index is 960. The summed E-state index contributed by atoms with van der Waals surface area (Å²) in [6, 6.07) is 16.6. The van der Waals surface area contributed by atoms with Gasteiger partial charge in [0, 0.05) is 24.9 Å². The van der Waals surface area contributed by atoms with E-state index in [0.717, 1.165) is 18.4 Å². The van der Waals surface area contributed by atoms with Crippen molar-refractivity contribution in [2.75, 3.05) is 20.8 Å². The number of epoxide rings is 1. The SMILES string of the molecule is COc1ccc(C(=O)OCC(C(=O)OC2CC3C4OC4C(C2)N3C)c2ccccc2)cc1. The summed E-state index contributed by atoms with van der Waals surface area (Å²) in [6.45, 7) is -0.0818. The van der Waals surface area contributed by atoms with Crippen LogP contribution in [0.15, 0.2) is 54.6 Å². The van der Waals surface area contributed by atoms with E-state index in [0.29, 0.717) is 23.4 Å². The number of hydrogen-bond acceptors (Lipinski definition) is 7.